The first-order chi connectivity index (χ1) is 12.6. The number of pyridine rings is 1. The van der Waals surface area contributed by atoms with Gasteiger partial charge >= 0.3 is 0 Å². The molecule has 1 aromatic heterocycles. The Balaban J connectivity index is 1.95. The summed E-state index contributed by atoms with van der Waals surface area (Å²) in [6.07, 6.45) is 6.23. The van der Waals surface area contributed by atoms with Gasteiger partial charge in [0.2, 0.25) is 5.88 Å². The summed E-state index contributed by atoms with van der Waals surface area (Å²) in [6.45, 7) is 8.45. The SMILES string of the molecule is CCCO[C@@]1(C(=O)Nc2ccc(OCCOCC)nc2)CCC[C@@H](C)C1. The van der Waals surface area contributed by atoms with Crippen LogP contribution >= 0.6 is 0 Å². The number of nitrogens with one attached hydrogen (secondary N) is 1. The number of hydrogen-bond acceptors (Lipinski definition) is 5. The van der Waals surface area contributed by atoms with E-state index in [2.05, 4.69) is 24.1 Å². The Kier molecular flexibility index (Phi) is 8.32. The monoisotopic (exact) mass is 364 g/mol. The summed E-state index contributed by atoms with van der Waals surface area (Å²) in [5.41, 5.74) is -0.0646. The molecule has 1 saturated carbocycles. The zero-order chi connectivity index (χ0) is 18.8. The number of ether oxygens (including phenoxy) is 3. The Morgan fingerprint density at radius 3 is 2.81 bits per heavy atom. The van der Waals surface area contributed by atoms with Crippen molar-refractivity contribution < 1.29 is 19.0 Å². The number of anilines is 1. The Labute approximate surface area is 156 Å². The van der Waals surface area contributed by atoms with E-state index in [9.17, 15) is 4.79 Å². The summed E-state index contributed by atoms with van der Waals surface area (Å²) in [4.78, 5) is 17.2. The lowest BCUT2D eigenvalue weighted by Gasteiger charge is -2.38. The van der Waals surface area contributed by atoms with Gasteiger partial charge in [-0.2, -0.15) is 0 Å². The topological polar surface area (TPSA) is 69.7 Å². The molecule has 6 heteroatoms. The standard InChI is InChI=1S/C20H32N2O4/c1-4-11-26-20(10-6-7-16(3)14-20)19(23)22-17-8-9-18(21-15-17)25-13-12-24-5-2/h8-9,15-16H,4-7,10-14H2,1-3H3,(H,22,23)/t16-,20+/m1/s1. The Hall–Kier alpha value is -1.66. The third-order valence-corrected chi connectivity index (χ3v) is 4.63. The second-order valence-corrected chi connectivity index (χ2v) is 6.93. The minimum Gasteiger partial charge on any atom is -0.475 e. The first kappa shape index (κ1) is 20.6. The highest BCUT2D eigenvalue weighted by Gasteiger charge is 2.42. The summed E-state index contributed by atoms with van der Waals surface area (Å²) in [6, 6.07) is 3.56. The molecule has 0 radical (unpaired) electrons. The minimum absolute atomic E-state index is 0.0654. The molecule has 1 amide bonds. The maximum atomic E-state index is 13.0. The van der Waals surface area contributed by atoms with E-state index in [4.69, 9.17) is 14.2 Å². The lowest BCUT2D eigenvalue weighted by atomic mass is 9.78. The van der Waals surface area contributed by atoms with Gasteiger partial charge in [0, 0.05) is 19.3 Å². The van der Waals surface area contributed by atoms with E-state index in [1.165, 1.54) is 0 Å². The first-order valence-electron chi connectivity index (χ1n) is 9.71. The molecule has 1 aromatic rings. The molecule has 1 aliphatic rings. The van der Waals surface area contributed by atoms with E-state index in [1.54, 1.807) is 18.3 Å². The first-order valence-corrected chi connectivity index (χ1v) is 9.71. The van der Waals surface area contributed by atoms with Gasteiger partial charge < -0.3 is 19.5 Å². The second-order valence-electron chi connectivity index (χ2n) is 6.93. The van der Waals surface area contributed by atoms with Crippen LogP contribution in [0, 0.1) is 5.92 Å². The Bertz CT molecular complexity index is 549. The van der Waals surface area contributed by atoms with Crippen LogP contribution in [0.15, 0.2) is 18.3 Å². The second kappa shape index (κ2) is 10.5. The fourth-order valence-corrected chi connectivity index (χ4v) is 3.34. The van der Waals surface area contributed by atoms with Crippen LogP contribution in [0.3, 0.4) is 0 Å². The number of rotatable bonds is 10. The highest BCUT2D eigenvalue weighted by molar-refractivity contribution is 5.97. The molecule has 6 nitrogen and oxygen atoms in total. The molecular weight excluding hydrogens is 332 g/mol. The molecular formula is C20H32N2O4. The van der Waals surface area contributed by atoms with Gasteiger partial charge in [-0.1, -0.05) is 20.3 Å². The van der Waals surface area contributed by atoms with Gasteiger partial charge in [0.25, 0.3) is 5.91 Å². The molecule has 0 bridgehead atoms. The van der Waals surface area contributed by atoms with Gasteiger partial charge in [-0.25, -0.2) is 4.98 Å². The van der Waals surface area contributed by atoms with Gasteiger partial charge in [0.05, 0.1) is 18.5 Å². The van der Waals surface area contributed by atoms with Crippen LogP contribution in [0.4, 0.5) is 5.69 Å². The predicted octanol–water partition coefficient (Wildman–Crippen LogP) is 3.81. The van der Waals surface area contributed by atoms with Crippen molar-refractivity contribution in [1.82, 2.24) is 4.98 Å². The smallest absolute Gasteiger partial charge is 0.256 e. The fraction of sp³-hybridized carbons (Fsp3) is 0.700. The van der Waals surface area contributed by atoms with Gasteiger partial charge in [-0.3, -0.25) is 4.79 Å². The number of hydrogen-bond donors (Lipinski definition) is 1. The summed E-state index contributed by atoms with van der Waals surface area (Å²) in [7, 11) is 0. The molecule has 1 fully saturated rings. The third kappa shape index (κ3) is 5.95. The van der Waals surface area contributed by atoms with E-state index in [-0.39, 0.29) is 5.91 Å². The van der Waals surface area contributed by atoms with Crippen molar-refractivity contribution in [1.29, 1.82) is 0 Å². The van der Waals surface area contributed by atoms with Crippen LogP contribution < -0.4 is 10.1 Å². The van der Waals surface area contributed by atoms with E-state index in [0.717, 1.165) is 32.1 Å². The van der Waals surface area contributed by atoms with E-state index >= 15 is 0 Å². The Morgan fingerprint density at radius 2 is 2.15 bits per heavy atom. The van der Waals surface area contributed by atoms with Crippen LogP contribution in [0.25, 0.3) is 0 Å². The molecule has 0 spiro atoms. The average molecular weight is 364 g/mol. The van der Waals surface area contributed by atoms with Crippen molar-refractivity contribution in [3.05, 3.63) is 18.3 Å². The maximum absolute atomic E-state index is 13.0. The molecule has 0 saturated heterocycles. The predicted molar refractivity (Wildman–Crippen MR) is 101 cm³/mol. The number of carbonyl (C=O) groups excluding carboxylic acids is 1. The number of carbonyl (C=O) groups is 1. The molecule has 0 aliphatic heterocycles. The lowest BCUT2D eigenvalue weighted by Crippen LogP contribution is -2.48. The average Bonchev–Trinajstić information content (AvgIpc) is 2.65. The van der Waals surface area contributed by atoms with E-state index in [0.29, 0.717) is 43.9 Å². The summed E-state index contributed by atoms with van der Waals surface area (Å²) >= 11 is 0. The number of nitrogens with zero attached hydrogens (tertiary/aromatic N) is 1. The largest absolute Gasteiger partial charge is 0.475 e. The third-order valence-electron chi connectivity index (χ3n) is 4.63. The zero-order valence-corrected chi connectivity index (χ0v) is 16.3. The van der Waals surface area contributed by atoms with Crippen LogP contribution in [-0.4, -0.2) is 42.9 Å². The lowest BCUT2D eigenvalue weighted by molar-refractivity contribution is -0.148. The van der Waals surface area contributed by atoms with Crippen LogP contribution in [0.1, 0.15) is 52.9 Å². The highest BCUT2D eigenvalue weighted by Crippen LogP contribution is 2.36. The van der Waals surface area contributed by atoms with Gasteiger partial charge in [-0.05, 0) is 44.6 Å². The Morgan fingerprint density at radius 1 is 1.31 bits per heavy atom. The van der Waals surface area contributed by atoms with Gasteiger partial charge in [0.1, 0.15) is 12.2 Å². The van der Waals surface area contributed by atoms with Crippen molar-refractivity contribution >= 4 is 11.6 Å². The van der Waals surface area contributed by atoms with Crippen molar-refractivity contribution in [2.24, 2.45) is 5.92 Å². The molecule has 1 N–H and O–H groups in total. The summed E-state index contributed by atoms with van der Waals surface area (Å²) in [5, 5.41) is 2.98. The van der Waals surface area contributed by atoms with Gasteiger partial charge in [0.15, 0.2) is 0 Å². The van der Waals surface area contributed by atoms with Crippen LogP contribution in [-0.2, 0) is 14.3 Å². The van der Waals surface area contributed by atoms with E-state index in [1.807, 2.05) is 6.92 Å². The molecule has 2 atom stereocenters. The molecule has 1 heterocycles. The number of amides is 1. The van der Waals surface area contributed by atoms with Crippen molar-refractivity contribution in [3.8, 4) is 5.88 Å². The molecule has 0 aromatic carbocycles. The van der Waals surface area contributed by atoms with E-state index < -0.39 is 5.60 Å². The van der Waals surface area contributed by atoms with Gasteiger partial charge in [-0.15, -0.1) is 0 Å². The van der Waals surface area contributed by atoms with Crippen LogP contribution in [0.5, 0.6) is 5.88 Å². The normalized spacial score (nSPS) is 22.8. The van der Waals surface area contributed by atoms with Crippen molar-refractivity contribution in [2.45, 2.75) is 58.5 Å². The highest BCUT2D eigenvalue weighted by atomic mass is 16.5. The number of aromatic nitrogens is 1. The molecule has 146 valence electrons. The van der Waals surface area contributed by atoms with Crippen LogP contribution in [0.2, 0.25) is 0 Å². The summed E-state index contributed by atoms with van der Waals surface area (Å²) < 4.78 is 16.8. The quantitative estimate of drug-likeness (QED) is 0.639. The van der Waals surface area contributed by atoms with Crippen molar-refractivity contribution in [2.75, 3.05) is 31.7 Å². The molecule has 1 aliphatic carbocycles. The zero-order valence-electron chi connectivity index (χ0n) is 16.3. The minimum atomic E-state index is -0.722. The maximum Gasteiger partial charge on any atom is 0.256 e. The fourth-order valence-electron chi connectivity index (χ4n) is 3.34. The molecule has 26 heavy (non-hydrogen) atoms. The van der Waals surface area contributed by atoms with Crippen molar-refractivity contribution in [3.63, 3.8) is 0 Å². The summed E-state index contributed by atoms with van der Waals surface area (Å²) in [5.74, 6) is 0.945. The molecule has 2 rings (SSSR count). The molecule has 0 unspecified atom stereocenters.